The molecule has 2 aromatic carbocycles. The summed E-state index contributed by atoms with van der Waals surface area (Å²) >= 11 is 0. The summed E-state index contributed by atoms with van der Waals surface area (Å²) in [4.78, 5) is 14.8. The molecule has 0 spiro atoms. The fourth-order valence-electron chi connectivity index (χ4n) is 3.18. The fraction of sp³-hybridized carbons (Fsp3) is 0.316. The van der Waals surface area contributed by atoms with Crippen molar-refractivity contribution in [3.63, 3.8) is 0 Å². The van der Waals surface area contributed by atoms with Crippen LogP contribution in [0.25, 0.3) is 0 Å². The molecule has 0 aromatic heterocycles. The van der Waals surface area contributed by atoms with E-state index >= 15 is 0 Å². The average molecular weight is 331 g/mol. The molecule has 0 radical (unpaired) electrons. The molecule has 1 heterocycles. The Morgan fingerprint density at radius 2 is 1.65 bits per heavy atom. The van der Waals surface area contributed by atoms with Crippen LogP contribution in [0, 0.1) is 0 Å². The molecule has 2 atom stereocenters. The third kappa shape index (κ3) is 3.57. The van der Waals surface area contributed by atoms with Gasteiger partial charge in [0.15, 0.2) is 0 Å². The molecular weight excluding hydrogens is 308 g/mol. The Hall–Kier alpha value is -1.84. The summed E-state index contributed by atoms with van der Waals surface area (Å²) in [5.74, 6) is 0.425. The van der Waals surface area contributed by atoms with Crippen LogP contribution < -0.4 is 5.73 Å². The highest BCUT2D eigenvalue weighted by Crippen LogP contribution is 2.30. The van der Waals surface area contributed by atoms with Crippen molar-refractivity contribution in [2.45, 2.75) is 24.8 Å². The Balaban J connectivity index is 0.00000192. The van der Waals surface area contributed by atoms with E-state index in [4.69, 9.17) is 5.73 Å². The molecule has 1 fully saturated rings. The molecule has 1 amide bonds. The molecule has 0 aliphatic carbocycles. The third-order valence-corrected chi connectivity index (χ3v) is 4.56. The molecule has 2 aromatic rings. The Morgan fingerprint density at radius 1 is 1.09 bits per heavy atom. The van der Waals surface area contributed by atoms with E-state index in [2.05, 4.69) is 24.3 Å². The first-order valence-electron chi connectivity index (χ1n) is 7.78. The second kappa shape index (κ2) is 7.16. The fourth-order valence-corrected chi connectivity index (χ4v) is 3.18. The van der Waals surface area contributed by atoms with Gasteiger partial charge in [-0.2, -0.15) is 0 Å². The number of carbonyl (C=O) groups is 1. The molecule has 0 saturated carbocycles. The van der Waals surface area contributed by atoms with E-state index < -0.39 is 5.54 Å². The lowest BCUT2D eigenvalue weighted by atomic mass is 9.91. The van der Waals surface area contributed by atoms with Gasteiger partial charge in [-0.15, -0.1) is 12.4 Å². The van der Waals surface area contributed by atoms with Crippen LogP contribution in [0.15, 0.2) is 60.7 Å². The number of likely N-dealkylation sites (tertiary alicyclic amines) is 1. The van der Waals surface area contributed by atoms with Gasteiger partial charge in [0.1, 0.15) is 5.54 Å². The molecule has 1 saturated heterocycles. The maximum Gasteiger partial charge on any atom is 0.246 e. The highest BCUT2D eigenvalue weighted by Gasteiger charge is 2.37. The zero-order valence-electron chi connectivity index (χ0n) is 13.3. The monoisotopic (exact) mass is 330 g/mol. The first kappa shape index (κ1) is 17.5. The average Bonchev–Trinajstić information content (AvgIpc) is 3.05. The van der Waals surface area contributed by atoms with Gasteiger partial charge in [-0.05, 0) is 24.5 Å². The van der Waals surface area contributed by atoms with Crippen molar-refractivity contribution in [2.24, 2.45) is 5.73 Å². The van der Waals surface area contributed by atoms with Crippen LogP contribution in [0.5, 0.6) is 0 Å². The molecule has 2 unspecified atom stereocenters. The minimum atomic E-state index is -0.965. The number of nitrogens with zero attached hydrogens (tertiary/aromatic N) is 1. The quantitative estimate of drug-likeness (QED) is 0.938. The molecule has 23 heavy (non-hydrogen) atoms. The Kier molecular flexibility index (Phi) is 5.45. The highest BCUT2D eigenvalue weighted by atomic mass is 35.5. The number of halogens is 1. The van der Waals surface area contributed by atoms with Crippen molar-refractivity contribution in [2.75, 3.05) is 13.1 Å². The van der Waals surface area contributed by atoms with Gasteiger partial charge < -0.3 is 10.6 Å². The van der Waals surface area contributed by atoms with E-state index in [0.29, 0.717) is 5.92 Å². The Labute approximate surface area is 143 Å². The predicted octanol–water partition coefficient (Wildman–Crippen LogP) is 3.30. The second-order valence-corrected chi connectivity index (χ2v) is 6.22. The van der Waals surface area contributed by atoms with E-state index in [9.17, 15) is 4.79 Å². The van der Waals surface area contributed by atoms with Crippen LogP contribution in [0.2, 0.25) is 0 Å². The Bertz CT molecular complexity index is 643. The topological polar surface area (TPSA) is 46.3 Å². The summed E-state index contributed by atoms with van der Waals surface area (Å²) in [6, 6.07) is 20.0. The van der Waals surface area contributed by atoms with Gasteiger partial charge in [0.2, 0.25) is 5.91 Å². The molecule has 122 valence electrons. The maximum absolute atomic E-state index is 12.8. The maximum atomic E-state index is 12.8. The number of rotatable bonds is 3. The van der Waals surface area contributed by atoms with Crippen LogP contribution in [-0.2, 0) is 10.3 Å². The third-order valence-electron chi connectivity index (χ3n) is 4.56. The van der Waals surface area contributed by atoms with Crippen LogP contribution in [0.4, 0.5) is 0 Å². The van der Waals surface area contributed by atoms with Gasteiger partial charge in [0.25, 0.3) is 0 Å². The molecule has 4 heteroatoms. The minimum Gasteiger partial charge on any atom is -0.340 e. The normalized spacial score (nSPS) is 19.7. The van der Waals surface area contributed by atoms with Gasteiger partial charge in [-0.3, -0.25) is 4.79 Å². The summed E-state index contributed by atoms with van der Waals surface area (Å²) < 4.78 is 0. The van der Waals surface area contributed by atoms with E-state index in [0.717, 1.165) is 25.1 Å². The lowest BCUT2D eigenvalue weighted by Gasteiger charge is -2.29. The highest BCUT2D eigenvalue weighted by molar-refractivity contribution is 5.87. The van der Waals surface area contributed by atoms with Gasteiger partial charge in [0, 0.05) is 19.0 Å². The summed E-state index contributed by atoms with van der Waals surface area (Å²) in [5.41, 5.74) is 7.55. The Morgan fingerprint density at radius 3 is 2.26 bits per heavy atom. The number of amides is 1. The number of benzene rings is 2. The second-order valence-electron chi connectivity index (χ2n) is 6.22. The van der Waals surface area contributed by atoms with Gasteiger partial charge in [-0.25, -0.2) is 0 Å². The molecule has 1 aliphatic heterocycles. The van der Waals surface area contributed by atoms with Gasteiger partial charge >= 0.3 is 0 Å². The largest absolute Gasteiger partial charge is 0.340 e. The van der Waals surface area contributed by atoms with Crippen molar-refractivity contribution in [1.29, 1.82) is 0 Å². The summed E-state index contributed by atoms with van der Waals surface area (Å²) in [6.07, 6.45) is 1.00. The first-order valence-corrected chi connectivity index (χ1v) is 7.78. The molecular formula is C19H23ClN2O. The zero-order valence-corrected chi connectivity index (χ0v) is 14.1. The number of carbonyl (C=O) groups excluding carboxylic acids is 1. The van der Waals surface area contributed by atoms with Crippen LogP contribution in [0.1, 0.15) is 30.4 Å². The van der Waals surface area contributed by atoms with Crippen molar-refractivity contribution in [3.8, 4) is 0 Å². The number of hydrogen-bond donors (Lipinski definition) is 1. The summed E-state index contributed by atoms with van der Waals surface area (Å²) in [6.45, 7) is 3.33. The van der Waals surface area contributed by atoms with Crippen molar-refractivity contribution >= 4 is 18.3 Å². The predicted molar refractivity (Wildman–Crippen MR) is 95.6 cm³/mol. The van der Waals surface area contributed by atoms with E-state index in [1.54, 1.807) is 6.92 Å². The lowest BCUT2D eigenvalue weighted by Crippen LogP contribution is -2.50. The van der Waals surface area contributed by atoms with E-state index in [-0.39, 0.29) is 18.3 Å². The van der Waals surface area contributed by atoms with Crippen LogP contribution in [0.3, 0.4) is 0 Å². The lowest BCUT2D eigenvalue weighted by molar-refractivity contribution is -0.135. The van der Waals surface area contributed by atoms with Gasteiger partial charge in [-0.1, -0.05) is 60.7 Å². The van der Waals surface area contributed by atoms with Crippen molar-refractivity contribution in [3.05, 3.63) is 71.8 Å². The molecule has 1 aliphatic rings. The number of nitrogens with two attached hydrogens (primary N) is 1. The minimum absolute atomic E-state index is 0. The van der Waals surface area contributed by atoms with Gasteiger partial charge in [0.05, 0.1) is 0 Å². The SMILES string of the molecule is CC(N)(C(=O)N1CCC(c2ccccc2)C1)c1ccccc1.Cl. The van der Waals surface area contributed by atoms with E-state index in [1.807, 2.05) is 41.3 Å². The molecule has 0 bridgehead atoms. The summed E-state index contributed by atoms with van der Waals surface area (Å²) in [5, 5.41) is 0. The van der Waals surface area contributed by atoms with Crippen molar-refractivity contribution in [1.82, 2.24) is 4.90 Å². The standard InChI is InChI=1S/C19H22N2O.ClH/c1-19(20,17-10-6-3-7-11-17)18(22)21-13-12-16(14-21)15-8-4-2-5-9-15;/h2-11,16H,12-14,20H2,1H3;1H. The van der Waals surface area contributed by atoms with E-state index in [1.165, 1.54) is 5.56 Å². The molecule has 3 nitrogen and oxygen atoms in total. The van der Waals surface area contributed by atoms with Crippen molar-refractivity contribution < 1.29 is 4.79 Å². The van der Waals surface area contributed by atoms with Crippen LogP contribution in [-0.4, -0.2) is 23.9 Å². The molecule has 3 rings (SSSR count). The smallest absolute Gasteiger partial charge is 0.246 e. The zero-order chi connectivity index (χ0) is 15.6. The first-order chi connectivity index (χ1) is 10.6. The summed E-state index contributed by atoms with van der Waals surface area (Å²) in [7, 11) is 0. The van der Waals surface area contributed by atoms with Crippen LogP contribution >= 0.6 is 12.4 Å². The number of hydrogen-bond acceptors (Lipinski definition) is 2. The molecule has 2 N–H and O–H groups in total.